The molecule has 0 radical (unpaired) electrons. The Hall–Kier alpha value is -3.06. The highest BCUT2D eigenvalue weighted by Gasteiger charge is 2.17. The Bertz CT molecular complexity index is 1060. The highest BCUT2D eigenvalue weighted by molar-refractivity contribution is 5.97. The van der Waals surface area contributed by atoms with Crippen molar-refractivity contribution in [1.29, 1.82) is 0 Å². The van der Waals surface area contributed by atoms with Gasteiger partial charge in [-0.25, -0.2) is 4.79 Å². The quantitative estimate of drug-likeness (QED) is 0.588. The summed E-state index contributed by atoms with van der Waals surface area (Å²) in [5, 5.41) is 2.95. The summed E-state index contributed by atoms with van der Waals surface area (Å²) in [4.78, 5) is 31.1. The van der Waals surface area contributed by atoms with E-state index in [-0.39, 0.29) is 5.91 Å². The molecular formula is C23H28N4O3. The summed E-state index contributed by atoms with van der Waals surface area (Å²) >= 11 is 0. The number of rotatable bonds is 7. The average Bonchev–Trinajstić information content (AvgIpc) is 3.13. The predicted molar refractivity (Wildman–Crippen MR) is 118 cm³/mol. The van der Waals surface area contributed by atoms with Gasteiger partial charge in [-0.3, -0.25) is 14.7 Å². The molecule has 4 rings (SSSR count). The minimum atomic E-state index is -0.512. The molecule has 0 atom stereocenters. The van der Waals surface area contributed by atoms with Crippen molar-refractivity contribution in [2.75, 3.05) is 44.2 Å². The molecule has 30 heavy (non-hydrogen) atoms. The number of H-pyrrole nitrogens is 1. The Morgan fingerprint density at radius 3 is 2.70 bits per heavy atom. The van der Waals surface area contributed by atoms with Crippen molar-refractivity contribution in [3.05, 3.63) is 64.1 Å². The van der Waals surface area contributed by atoms with Crippen LogP contribution in [0.4, 0.5) is 5.69 Å². The number of nitrogens with one attached hydrogen (secondary N) is 2. The lowest BCUT2D eigenvalue weighted by molar-refractivity contribution is 0.0952. The lowest BCUT2D eigenvalue weighted by Gasteiger charge is -2.36. The van der Waals surface area contributed by atoms with Crippen molar-refractivity contribution in [3.63, 3.8) is 0 Å². The SMILES string of the molecule is Cc1ccccc1N1CCN(CCCCNC(=O)c2ccc3oc(=O)[nH]c3c2)CC1. The molecule has 1 aliphatic rings. The summed E-state index contributed by atoms with van der Waals surface area (Å²) in [6.07, 6.45) is 1.99. The van der Waals surface area contributed by atoms with E-state index in [0.29, 0.717) is 23.2 Å². The molecule has 0 bridgehead atoms. The smallest absolute Gasteiger partial charge is 0.408 e. The number of anilines is 1. The zero-order chi connectivity index (χ0) is 20.9. The van der Waals surface area contributed by atoms with E-state index in [1.54, 1.807) is 18.2 Å². The van der Waals surface area contributed by atoms with Crippen molar-refractivity contribution in [3.8, 4) is 0 Å². The van der Waals surface area contributed by atoms with Gasteiger partial charge in [0.1, 0.15) is 0 Å². The Morgan fingerprint density at radius 1 is 1.10 bits per heavy atom. The Kier molecular flexibility index (Phi) is 6.18. The first-order valence-electron chi connectivity index (χ1n) is 10.5. The first-order chi connectivity index (χ1) is 14.6. The lowest BCUT2D eigenvalue weighted by atomic mass is 10.1. The second kappa shape index (κ2) is 9.17. The van der Waals surface area contributed by atoms with Gasteiger partial charge in [-0.05, 0) is 56.1 Å². The number of oxazole rings is 1. The van der Waals surface area contributed by atoms with E-state index in [9.17, 15) is 9.59 Å². The standard InChI is InChI=1S/C23H28N4O3/c1-17-6-2-3-7-20(17)27-14-12-26(13-15-27)11-5-4-10-24-22(28)18-8-9-21-19(16-18)25-23(29)30-21/h2-3,6-9,16H,4-5,10-15H2,1H3,(H,24,28)(H,25,29). The van der Waals surface area contributed by atoms with Gasteiger partial charge in [0.25, 0.3) is 5.91 Å². The van der Waals surface area contributed by atoms with Crippen molar-refractivity contribution < 1.29 is 9.21 Å². The number of fused-ring (bicyclic) bond motifs is 1. The zero-order valence-corrected chi connectivity index (χ0v) is 17.3. The molecule has 1 amide bonds. The molecule has 1 aromatic heterocycles. The van der Waals surface area contributed by atoms with Crippen LogP contribution in [0.1, 0.15) is 28.8 Å². The van der Waals surface area contributed by atoms with E-state index >= 15 is 0 Å². The molecule has 7 heteroatoms. The van der Waals surface area contributed by atoms with Crippen molar-refractivity contribution in [2.45, 2.75) is 19.8 Å². The van der Waals surface area contributed by atoms with Crippen LogP contribution >= 0.6 is 0 Å². The largest absolute Gasteiger partial charge is 0.417 e. The molecule has 0 unspecified atom stereocenters. The Labute approximate surface area is 175 Å². The summed E-state index contributed by atoms with van der Waals surface area (Å²) in [5.74, 6) is -0.645. The van der Waals surface area contributed by atoms with E-state index in [0.717, 1.165) is 45.6 Å². The van der Waals surface area contributed by atoms with Gasteiger partial charge in [0, 0.05) is 44.0 Å². The maximum absolute atomic E-state index is 12.3. The van der Waals surface area contributed by atoms with E-state index in [2.05, 4.69) is 51.3 Å². The summed E-state index contributed by atoms with van der Waals surface area (Å²) in [6, 6.07) is 13.5. The third kappa shape index (κ3) is 4.74. The lowest BCUT2D eigenvalue weighted by Crippen LogP contribution is -2.46. The topological polar surface area (TPSA) is 81.6 Å². The highest BCUT2D eigenvalue weighted by Crippen LogP contribution is 2.20. The number of hydrogen-bond acceptors (Lipinski definition) is 5. The molecule has 7 nitrogen and oxygen atoms in total. The average molecular weight is 409 g/mol. The van der Waals surface area contributed by atoms with Crippen LogP contribution in [0.2, 0.25) is 0 Å². The number of carbonyl (C=O) groups is 1. The second-order valence-corrected chi connectivity index (χ2v) is 7.80. The maximum atomic E-state index is 12.3. The second-order valence-electron chi connectivity index (χ2n) is 7.80. The molecule has 1 saturated heterocycles. The Balaban J connectivity index is 1.15. The first kappa shape index (κ1) is 20.2. The molecule has 2 heterocycles. The first-order valence-corrected chi connectivity index (χ1v) is 10.5. The third-order valence-electron chi connectivity index (χ3n) is 5.70. The zero-order valence-electron chi connectivity index (χ0n) is 17.3. The van der Waals surface area contributed by atoms with Crippen LogP contribution in [0.3, 0.4) is 0 Å². The van der Waals surface area contributed by atoms with Gasteiger partial charge >= 0.3 is 5.76 Å². The number of aryl methyl sites for hydroxylation is 1. The summed E-state index contributed by atoms with van der Waals surface area (Å²) in [7, 11) is 0. The van der Waals surface area contributed by atoms with Crippen molar-refractivity contribution in [2.24, 2.45) is 0 Å². The van der Waals surface area contributed by atoms with Crippen LogP contribution in [0.25, 0.3) is 11.1 Å². The van der Waals surface area contributed by atoms with Crippen molar-refractivity contribution in [1.82, 2.24) is 15.2 Å². The molecule has 2 aromatic carbocycles. The fourth-order valence-electron chi connectivity index (χ4n) is 3.99. The van der Waals surface area contributed by atoms with E-state index < -0.39 is 5.76 Å². The summed E-state index contributed by atoms with van der Waals surface area (Å²) < 4.78 is 4.96. The fraction of sp³-hybridized carbons (Fsp3) is 0.391. The molecule has 0 aliphatic carbocycles. The normalized spacial score (nSPS) is 14.9. The van der Waals surface area contributed by atoms with Crippen LogP contribution in [0.15, 0.2) is 51.7 Å². The number of aromatic amines is 1. The number of aromatic nitrogens is 1. The molecule has 2 N–H and O–H groups in total. The number of carbonyl (C=O) groups excluding carboxylic acids is 1. The molecule has 158 valence electrons. The van der Waals surface area contributed by atoms with E-state index in [1.807, 2.05) is 0 Å². The van der Waals surface area contributed by atoms with Gasteiger partial charge in [0.05, 0.1) is 5.52 Å². The number of amides is 1. The number of piperazine rings is 1. The number of hydrogen-bond donors (Lipinski definition) is 2. The van der Waals surface area contributed by atoms with Crippen LogP contribution < -0.4 is 16.0 Å². The Morgan fingerprint density at radius 2 is 1.90 bits per heavy atom. The highest BCUT2D eigenvalue weighted by atomic mass is 16.4. The van der Waals surface area contributed by atoms with Gasteiger partial charge in [0.2, 0.25) is 0 Å². The maximum Gasteiger partial charge on any atom is 0.417 e. The summed E-state index contributed by atoms with van der Waals surface area (Å²) in [6.45, 7) is 8.12. The monoisotopic (exact) mass is 408 g/mol. The number of unbranched alkanes of at least 4 members (excludes halogenated alkanes) is 1. The molecule has 0 spiro atoms. The van der Waals surface area contributed by atoms with E-state index in [4.69, 9.17) is 4.42 Å². The van der Waals surface area contributed by atoms with Crippen LogP contribution in [-0.4, -0.2) is 55.1 Å². The van der Waals surface area contributed by atoms with Crippen LogP contribution in [-0.2, 0) is 0 Å². The molecule has 3 aromatic rings. The number of nitrogens with zero attached hydrogens (tertiary/aromatic N) is 2. The minimum absolute atomic E-state index is 0.134. The van der Waals surface area contributed by atoms with E-state index in [1.165, 1.54) is 11.3 Å². The molecule has 0 saturated carbocycles. The predicted octanol–water partition coefficient (Wildman–Crippen LogP) is 2.76. The van der Waals surface area contributed by atoms with Crippen LogP contribution in [0, 0.1) is 6.92 Å². The fourth-order valence-corrected chi connectivity index (χ4v) is 3.99. The number of para-hydroxylation sites is 1. The van der Waals surface area contributed by atoms with Gasteiger partial charge in [-0.1, -0.05) is 18.2 Å². The van der Waals surface area contributed by atoms with Gasteiger partial charge < -0.3 is 14.6 Å². The van der Waals surface area contributed by atoms with Gasteiger partial charge in [0.15, 0.2) is 5.58 Å². The van der Waals surface area contributed by atoms with Gasteiger partial charge in [-0.15, -0.1) is 0 Å². The summed E-state index contributed by atoms with van der Waals surface area (Å²) in [5.41, 5.74) is 4.20. The van der Waals surface area contributed by atoms with Crippen LogP contribution in [0.5, 0.6) is 0 Å². The number of benzene rings is 2. The van der Waals surface area contributed by atoms with Crippen molar-refractivity contribution >= 4 is 22.7 Å². The van der Waals surface area contributed by atoms with Gasteiger partial charge in [-0.2, -0.15) is 0 Å². The molecule has 1 aliphatic heterocycles. The molecular weight excluding hydrogens is 380 g/mol. The minimum Gasteiger partial charge on any atom is -0.408 e. The molecule has 1 fully saturated rings. The third-order valence-corrected chi connectivity index (χ3v) is 5.70.